The van der Waals surface area contributed by atoms with Crippen molar-refractivity contribution in [3.8, 4) is 0 Å². The molecule has 2 rings (SSSR count). The number of nitrogens with one attached hydrogen (secondary N) is 1. The highest BCUT2D eigenvalue weighted by atomic mass is 16.5. The highest BCUT2D eigenvalue weighted by molar-refractivity contribution is 5.91. The molecule has 0 saturated carbocycles. The van der Waals surface area contributed by atoms with Gasteiger partial charge in [-0.2, -0.15) is 0 Å². The maximum atomic E-state index is 12.1. The number of piperidine rings is 1. The lowest BCUT2D eigenvalue weighted by molar-refractivity contribution is -0.118. The Labute approximate surface area is 126 Å². The molecule has 1 aromatic rings. The van der Waals surface area contributed by atoms with E-state index in [-0.39, 0.29) is 23.9 Å². The molecule has 118 valence electrons. The number of amides is 1. The van der Waals surface area contributed by atoms with Crippen LogP contribution in [0.1, 0.15) is 51.6 Å². The maximum Gasteiger partial charge on any atom is 0.240 e. The Morgan fingerprint density at radius 3 is 2.90 bits per heavy atom. The van der Waals surface area contributed by atoms with Crippen molar-refractivity contribution in [2.45, 2.75) is 58.0 Å². The number of hydrogen-bond acceptors (Lipinski definition) is 5. The van der Waals surface area contributed by atoms with Crippen LogP contribution >= 0.6 is 0 Å². The predicted octanol–water partition coefficient (Wildman–Crippen LogP) is 1.94. The molecule has 0 spiro atoms. The molecule has 3 N–H and O–H groups in total. The van der Waals surface area contributed by atoms with Gasteiger partial charge in [0.1, 0.15) is 0 Å². The summed E-state index contributed by atoms with van der Waals surface area (Å²) >= 11 is 0. The van der Waals surface area contributed by atoms with Crippen LogP contribution in [-0.2, 0) is 4.79 Å². The van der Waals surface area contributed by atoms with Gasteiger partial charge < -0.3 is 10.3 Å². The van der Waals surface area contributed by atoms with Crippen LogP contribution in [0.25, 0.3) is 0 Å². The predicted molar refractivity (Wildman–Crippen MR) is 82.1 cm³/mol. The topological polar surface area (TPSA) is 84.4 Å². The van der Waals surface area contributed by atoms with Crippen molar-refractivity contribution in [3.05, 3.63) is 11.8 Å². The van der Waals surface area contributed by atoms with Crippen LogP contribution in [0.5, 0.6) is 0 Å². The monoisotopic (exact) mass is 294 g/mol. The lowest BCUT2D eigenvalue weighted by atomic mass is 9.97. The molecule has 2 atom stereocenters. The van der Waals surface area contributed by atoms with Gasteiger partial charge in [0.05, 0.1) is 12.2 Å². The number of likely N-dealkylation sites (tertiary alicyclic amines) is 1. The highest BCUT2D eigenvalue weighted by Crippen LogP contribution is 2.20. The summed E-state index contributed by atoms with van der Waals surface area (Å²) in [6.45, 7) is 7.35. The summed E-state index contributed by atoms with van der Waals surface area (Å²) in [5, 5.41) is 6.71. The minimum Gasteiger partial charge on any atom is -0.338 e. The maximum absolute atomic E-state index is 12.1. The molecule has 1 saturated heterocycles. The molecule has 6 nitrogen and oxygen atoms in total. The molecular weight excluding hydrogens is 268 g/mol. The van der Waals surface area contributed by atoms with E-state index in [1.54, 1.807) is 6.07 Å². The van der Waals surface area contributed by atoms with Crippen molar-refractivity contribution >= 4 is 11.8 Å². The van der Waals surface area contributed by atoms with Crippen LogP contribution in [0.15, 0.2) is 10.6 Å². The van der Waals surface area contributed by atoms with E-state index >= 15 is 0 Å². The quantitative estimate of drug-likeness (QED) is 0.867. The van der Waals surface area contributed by atoms with Crippen LogP contribution in [0.4, 0.5) is 5.88 Å². The van der Waals surface area contributed by atoms with E-state index in [1.165, 1.54) is 6.42 Å². The fourth-order valence-corrected chi connectivity index (χ4v) is 2.79. The number of nitrogens with two attached hydrogens (primary N) is 1. The van der Waals surface area contributed by atoms with Crippen LogP contribution in [0.3, 0.4) is 0 Å². The number of anilines is 1. The highest BCUT2D eigenvalue weighted by Gasteiger charge is 2.27. The van der Waals surface area contributed by atoms with Crippen LogP contribution in [-0.4, -0.2) is 41.1 Å². The molecule has 0 aliphatic carbocycles. The number of carbonyl (C=O) groups is 1. The summed E-state index contributed by atoms with van der Waals surface area (Å²) in [5.41, 5.74) is 6.86. The Kier molecular flexibility index (Phi) is 5.36. The van der Waals surface area contributed by atoms with Gasteiger partial charge >= 0.3 is 0 Å². The first-order valence-corrected chi connectivity index (χ1v) is 7.73. The van der Waals surface area contributed by atoms with Crippen molar-refractivity contribution < 1.29 is 9.32 Å². The van der Waals surface area contributed by atoms with E-state index in [2.05, 4.69) is 15.4 Å². The van der Waals surface area contributed by atoms with E-state index in [0.29, 0.717) is 12.4 Å². The third-order valence-electron chi connectivity index (χ3n) is 4.00. The summed E-state index contributed by atoms with van der Waals surface area (Å²) in [7, 11) is 0. The molecule has 2 heterocycles. The molecule has 1 amide bonds. The van der Waals surface area contributed by atoms with Gasteiger partial charge in [-0.25, -0.2) is 0 Å². The van der Waals surface area contributed by atoms with Gasteiger partial charge in [0.25, 0.3) is 0 Å². The Balaban J connectivity index is 1.90. The largest absolute Gasteiger partial charge is 0.338 e. The second kappa shape index (κ2) is 7.04. The molecule has 0 radical (unpaired) electrons. The average Bonchev–Trinajstić information content (AvgIpc) is 2.87. The second-order valence-corrected chi connectivity index (χ2v) is 6.21. The van der Waals surface area contributed by atoms with E-state index in [1.807, 2.05) is 20.8 Å². The lowest BCUT2D eigenvalue weighted by Gasteiger charge is -2.37. The van der Waals surface area contributed by atoms with Crippen molar-refractivity contribution in [2.24, 2.45) is 5.73 Å². The molecule has 1 fully saturated rings. The van der Waals surface area contributed by atoms with Gasteiger partial charge in [-0.1, -0.05) is 25.4 Å². The van der Waals surface area contributed by atoms with Crippen LogP contribution in [0.2, 0.25) is 0 Å². The van der Waals surface area contributed by atoms with E-state index in [0.717, 1.165) is 25.1 Å². The minimum atomic E-state index is -0.0750. The smallest absolute Gasteiger partial charge is 0.240 e. The zero-order valence-corrected chi connectivity index (χ0v) is 13.1. The van der Waals surface area contributed by atoms with Gasteiger partial charge in [0, 0.05) is 18.2 Å². The Morgan fingerprint density at radius 2 is 2.29 bits per heavy atom. The number of hydrogen-bond donors (Lipinski definition) is 2. The Morgan fingerprint density at radius 1 is 1.52 bits per heavy atom. The van der Waals surface area contributed by atoms with Gasteiger partial charge in [-0.05, 0) is 32.2 Å². The first-order valence-electron chi connectivity index (χ1n) is 7.73. The standard InChI is InChI=1S/C15H26N4O2/c1-10(2)12-8-15(21-18-12)17-14(20)9-19-7-5-4-6-13(19)11(3)16/h8,10-11,13H,4-7,9,16H2,1-3H3,(H,17,20). The fourth-order valence-electron chi connectivity index (χ4n) is 2.79. The van der Waals surface area contributed by atoms with Crippen LogP contribution < -0.4 is 11.1 Å². The third kappa shape index (κ3) is 4.28. The first-order chi connectivity index (χ1) is 9.97. The lowest BCUT2D eigenvalue weighted by Crippen LogP contribution is -2.51. The minimum absolute atomic E-state index is 0.0750. The van der Waals surface area contributed by atoms with E-state index in [4.69, 9.17) is 10.3 Å². The molecule has 6 heteroatoms. The SMILES string of the molecule is CC(C)c1cc(NC(=O)CN2CCCCC2C(C)N)on1. The van der Waals surface area contributed by atoms with Crippen molar-refractivity contribution in [2.75, 3.05) is 18.4 Å². The number of carbonyl (C=O) groups excluding carboxylic acids is 1. The van der Waals surface area contributed by atoms with E-state index < -0.39 is 0 Å². The van der Waals surface area contributed by atoms with Crippen molar-refractivity contribution in [1.82, 2.24) is 10.1 Å². The summed E-state index contributed by atoms with van der Waals surface area (Å²) in [6, 6.07) is 2.14. The van der Waals surface area contributed by atoms with Gasteiger partial charge in [0.15, 0.2) is 0 Å². The Bertz CT molecular complexity index is 470. The number of rotatable bonds is 5. The molecule has 21 heavy (non-hydrogen) atoms. The fraction of sp³-hybridized carbons (Fsp3) is 0.733. The van der Waals surface area contributed by atoms with Crippen LogP contribution in [0, 0.1) is 0 Å². The van der Waals surface area contributed by atoms with E-state index in [9.17, 15) is 4.79 Å². The molecular formula is C15H26N4O2. The van der Waals surface area contributed by atoms with Gasteiger partial charge in [0.2, 0.25) is 11.8 Å². The molecule has 1 aliphatic heterocycles. The molecule has 0 aromatic carbocycles. The summed E-state index contributed by atoms with van der Waals surface area (Å²) < 4.78 is 5.13. The molecule has 2 unspecified atom stereocenters. The average molecular weight is 294 g/mol. The molecule has 0 bridgehead atoms. The van der Waals surface area contributed by atoms with Crippen molar-refractivity contribution in [3.63, 3.8) is 0 Å². The second-order valence-electron chi connectivity index (χ2n) is 6.21. The number of nitrogens with zero attached hydrogens (tertiary/aromatic N) is 2. The zero-order chi connectivity index (χ0) is 15.4. The zero-order valence-electron chi connectivity index (χ0n) is 13.1. The summed E-state index contributed by atoms with van der Waals surface area (Å²) in [6.07, 6.45) is 3.37. The van der Waals surface area contributed by atoms with Gasteiger partial charge in [-0.3, -0.25) is 15.0 Å². The summed E-state index contributed by atoms with van der Waals surface area (Å²) in [4.78, 5) is 14.3. The Hall–Kier alpha value is -1.40. The normalized spacial score (nSPS) is 21.5. The number of aromatic nitrogens is 1. The molecule has 1 aliphatic rings. The summed E-state index contributed by atoms with van der Waals surface area (Å²) in [5.74, 6) is 0.621. The molecule has 1 aromatic heterocycles. The van der Waals surface area contributed by atoms with Crippen molar-refractivity contribution in [1.29, 1.82) is 0 Å². The first kappa shape index (κ1) is 16.0. The third-order valence-corrected chi connectivity index (χ3v) is 4.00. The van der Waals surface area contributed by atoms with Gasteiger partial charge in [-0.15, -0.1) is 0 Å².